The van der Waals surface area contributed by atoms with Crippen LogP contribution in [-0.2, 0) is 21.0 Å². The Kier molecular flexibility index (Phi) is 8.31. The molecule has 0 heterocycles. The zero-order valence-electron chi connectivity index (χ0n) is 14.4. The summed E-state index contributed by atoms with van der Waals surface area (Å²) in [6.07, 6.45) is 4.50. The van der Waals surface area contributed by atoms with Crippen LogP contribution in [-0.4, -0.2) is 37.3 Å². The molecule has 0 bridgehead atoms. The van der Waals surface area contributed by atoms with Crippen LogP contribution in [0.3, 0.4) is 0 Å². The summed E-state index contributed by atoms with van der Waals surface area (Å²) in [7, 11) is -3.83. The van der Waals surface area contributed by atoms with E-state index >= 15 is 0 Å². The van der Waals surface area contributed by atoms with Crippen LogP contribution in [0.5, 0.6) is 5.75 Å². The van der Waals surface area contributed by atoms with Crippen LogP contribution in [0, 0.1) is 6.92 Å². The molecule has 6 heteroatoms. The number of aryl methyl sites for hydroxylation is 1. The summed E-state index contributed by atoms with van der Waals surface area (Å²) < 4.78 is 36.8. The molecule has 0 fully saturated rings. The second kappa shape index (κ2) is 9.71. The number of rotatable bonds is 5. The molecule has 2 aromatic rings. The van der Waals surface area contributed by atoms with Crippen molar-refractivity contribution < 1.29 is 17.7 Å². The fourth-order valence-corrected chi connectivity index (χ4v) is 2.38. The van der Waals surface area contributed by atoms with E-state index < -0.39 is 10.1 Å². The molecule has 0 radical (unpaired) electrons. The van der Waals surface area contributed by atoms with Gasteiger partial charge in [0.25, 0.3) is 0 Å². The van der Waals surface area contributed by atoms with Gasteiger partial charge in [0.15, 0.2) is 0 Å². The molecule has 0 amide bonds. The van der Waals surface area contributed by atoms with Gasteiger partial charge in [-0.05, 0) is 49.0 Å². The first-order valence-electron chi connectivity index (χ1n) is 7.47. The monoisotopic (exact) mass is 368 g/mol. The molecular formula is C18H24O4S2. The molecule has 0 saturated carbocycles. The van der Waals surface area contributed by atoms with E-state index in [1.54, 1.807) is 12.1 Å². The van der Waals surface area contributed by atoms with Crippen LogP contribution in [0.1, 0.15) is 12.5 Å². The Morgan fingerprint density at radius 3 is 2.04 bits per heavy atom. The Bertz CT molecular complexity index is 696. The number of para-hydroxylation sites is 1. The smallest absolute Gasteiger partial charge is 0.148 e. The van der Waals surface area contributed by atoms with E-state index in [0.29, 0.717) is 16.1 Å². The first kappa shape index (κ1) is 20.5. The third-order valence-electron chi connectivity index (χ3n) is 3.34. The third-order valence-corrected chi connectivity index (χ3v) is 5.94. The molecule has 2 aromatic carbocycles. The van der Waals surface area contributed by atoms with Crippen LogP contribution in [0.4, 0.5) is 0 Å². The predicted molar refractivity (Wildman–Crippen MR) is 99.8 cm³/mol. The van der Waals surface area contributed by atoms with Gasteiger partial charge in [0.05, 0.1) is 17.4 Å². The molecule has 0 saturated heterocycles. The summed E-state index contributed by atoms with van der Waals surface area (Å²) in [5, 5.41) is 0.639. The van der Waals surface area contributed by atoms with Crippen LogP contribution in [0.2, 0.25) is 0 Å². The molecule has 0 aliphatic carbocycles. The van der Waals surface area contributed by atoms with Gasteiger partial charge in [-0.1, -0.05) is 35.9 Å². The van der Waals surface area contributed by atoms with Crippen molar-refractivity contribution >= 4 is 21.0 Å². The summed E-state index contributed by atoms with van der Waals surface area (Å²) in [6, 6.07) is 15.8. The highest BCUT2D eigenvalue weighted by atomic mass is 32.2. The topological polar surface area (TPSA) is 66.4 Å². The van der Waals surface area contributed by atoms with E-state index in [1.807, 2.05) is 37.3 Å². The standard InChI is InChI=1S/C11H17OS.C7H8O3S/c1-10(13(2)3)9-12-11-7-5-4-6-8-11;1-6-2-4-7(5-3-6)11(8,9)10/h4-8,10H,9H2,1-3H3;2-5H,1H3,(H,8,9,10)/q+1;/p-1. The number of ether oxygens (including phenoxy) is 1. The van der Waals surface area contributed by atoms with Crippen molar-refractivity contribution in [1.29, 1.82) is 0 Å². The molecule has 0 spiro atoms. The normalized spacial score (nSPS) is 12.2. The minimum atomic E-state index is -4.27. The number of hydrogen-bond acceptors (Lipinski definition) is 4. The Morgan fingerprint density at radius 2 is 1.58 bits per heavy atom. The molecule has 0 aliphatic rings. The molecular weight excluding hydrogens is 344 g/mol. The van der Waals surface area contributed by atoms with E-state index in [2.05, 4.69) is 19.4 Å². The molecule has 1 atom stereocenters. The van der Waals surface area contributed by atoms with Gasteiger partial charge >= 0.3 is 0 Å². The summed E-state index contributed by atoms with van der Waals surface area (Å²) in [5.41, 5.74) is 0.928. The summed E-state index contributed by atoms with van der Waals surface area (Å²) in [6.45, 7) is 4.87. The first-order valence-corrected chi connectivity index (χ1v) is 11.0. The van der Waals surface area contributed by atoms with Gasteiger partial charge in [-0.2, -0.15) is 0 Å². The highest BCUT2D eigenvalue weighted by Crippen LogP contribution is 2.10. The summed E-state index contributed by atoms with van der Waals surface area (Å²) in [4.78, 5) is -0.178. The van der Waals surface area contributed by atoms with Crippen molar-refractivity contribution in [2.24, 2.45) is 0 Å². The maximum Gasteiger partial charge on any atom is 0.148 e. The largest absolute Gasteiger partial charge is 0.744 e. The Balaban J connectivity index is 0.000000243. The van der Waals surface area contributed by atoms with Gasteiger partial charge in [-0.15, -0.1) is 0 Å². The molecule has 2 rings (SSSR count). The molecule has 0 N–H and O–H groups in total. The Labute approximate surface area is 148 Å². The van der Waals surface area contributed by atoms with E-state index in [0.717, 1.165) is 17.9 Å². The number of hydrogen-bond donors (Lipinski definition) is 0. The van der Waals surface area contributed by atoms with Gasteiger partial charge in [0.2, 0.25) is 0 Å². The lowest BCUT2D eigenvalue weighted by Crippen LogP contribution is -2.22. The van der Waals surface area contributed by atoms with Gasteiger partial charge in [-0.25, -0.2) is 8.42 Å². The Hall–Kier alpha value is -1.50. The summed E-state index contributed by atoms with van der Waals surface area (Å²) in [5.74, 6) is 0.972. The second-order valence-electron chi connectivity index (χ2n) is 5.58. The molecule has 132 valence electrons. The zero-order chi connectivity index (χ0) is 18.2. The highest BCUT2D eigenvalue weighted by molar-refractivity contribution is 7.96. The lowest BCUT2D eigenvalue weighted by atomic mass is 10.2. The van der Waals surface area contributed by atoms with Crippen LogP contribution in [0.25, 0.3) is 0 Å². The van der Waals surface area contributed by atoms with Crippen LogP contribution < -0.4 is 4.74 Å². The van der Waals surface area contributed by atoms with Crippen LogP contribution >= 0.6 is 0 Å². The van der Waals surface area contributed by atoms with Crippen molar-refractivity contribution in [2.45, 2.75) is 24.0 Å². The second-order valence-corrected chi connectivity index (χ2v) is 9.53. The molecule has 1 unspecified atom stereocenters. The SMILES string of the molecule is CC(COc1ccccc1)[S+](C)C.Cc1ccc(S(=O)(=O)[O-])cc1. The van der Waals surface area contributed by atoms with E-state index in [1.165, 1.54) is 12.1 Å². The average molecular weight is 369 g/mol. The molecule has 4 nitrogen and oxygen atoms in total. The van der Waals surface area contributed by atoms with Crippen molar-refractivity contribution in [2.75, 3.05) is 19.1 Å². The maximum absolute atomic E-state index is 10.4. The summed E-state index contributed by atoms with van der Waals surface area (Å²) >= 11 is 0. The van der Waals surface area contributed by atoms with E-state index in [4.69, 9.17) is 4.74 Å². The number of benzene rings is 2. The van der Waals surface area contributed by atoms with Crippen LogP contribution in [0.15, 0.2) is 59.5 Å². The van der Waals surface area contributed by atoms with Crippen molar-refractivity contribution in [3.63, 3.8) is 0 Å². The minimum absolute atomic E-state index is 0.178. The van der Waals surface area contributed by atoms with Gasteiger partial charge in [-0.3, -0.25) is 0 Å². The lowest BCUT2D eigenvalue weighted by molar-refractivity contribution is 0.321. The molecule has 24 heavy (non-hydrogen) atoms. The molecule has 0 aliphatic heterocycles. The lowest BCUT2D eigenvalue weighted by Gasteiger charge is -2.09. The fraction of sp³-hybridized carbons (Fsp3) is 0.333. The van der Waals surface area contributed by atoms with Gasteiger partial charge < -0.3 is 9.29 Å². The van der Waals surface area contributed by atoms with E-state index in [9.17, 15) is 13.0 Å². The minimum Gasteiger partial charge on any atom is -0.744 e. The highest BCUT2D eigenvalue weighted by Gasteiger charge is 2.15. The maximum atomic E-state index is 10.4. The molecule has 0 aromatic heterocycles. The predicted octanol–water partition coefficient (Wildman–Crippen LogP) is 3.23. The van der Waals surface area contributed by atoms with Crippen molar-refractivity contribution in [3.05, 3.63) is 60.2 Å². The van der Waals surface area contributed by atoms with Gasteiger partial charge in [0.1, 0.15) is 27.7 Å². The third kappa shape index (κ3) is 7.86. The van der Waals surface area contributed by atoms with E-state index in [-0.39, 0.29) is 4.90 Å². The van der Waals surface area contributed by atoms with Gasteiger partial charge in [0, 0.05) is 0 Å². The quantitative estimate of drug-likeness (QED) is 0.600. The fourth-order valence-electron chi connectivity index (χ4n) is 1.57. The first-order chi connectivity index (χ1) is 11.2. The average Bonchev–Trinajstić information content (AvgIpc) is 2.53. The zero-order valence-corrected chi connectivity index (χ0v) is 16.1. The Morgan fingerprint density at radius 1 is 1.04 bits per heavy atom. The van der Waals surface area contributed by atoms with Crippen molar-refractivity contribution in [1.82, 2.24) is 0 Å². The van der Waals surface area contributed by atoms with Crippen molar-refractivity contribution in [3.8, 4) is 5.75 Å².